The van der Waals surface area contributed by atoms with Gasteiger partial charge in [-0.25, -0.2) is 0 Å². The van der Waals surface area contributed by atoms with Crippen molar-refractivity contribution in [3.05, 3.63) is 36.8 Å². The van der Waals surface area contributed by atoms with E-state index in [9.17, 15) is 4.79 Å². The fraction of sp³-hybridized carbons (Fsp3) is 0.111. The van der Waals surface area contributed by atoms with Crippen molar-refractivity contribution in [2.45, 2.75) is 0 Å². The standard InChI is InChI=1S/C9H9O2/c1-2-11-9-5-3-8(7-10)4-6-9/h3-7H,1-2H2. The van der Waals surface area contributed by atoms with Gasteiger partial charge < -0.3 is 4.74 Å². The Morgan fingerprint density at radius 1 is 1.36 bits per heavy atom. The molecular formula is C9H9O2. The van der Waals surface area contributed by atoms with Crippen LogP contribution in [0.5, 0.6) is 5.75 Å². The average Bonchev–Trinajstić information content (AvgIpc) is 2.07. The van der Waals surface area contributed by atoms with Gasteiger partial charge in [0.25, 0.3) is 0 Å². The molecule has 1 rings (SSSR count). The zero-order chi connectivity index (χ0) is 8.10. The van der Waals surface area contributed by atoms with Crippen LogP contribution in [0.25, 0.3) is 0 Å². The van der Waals surface area contributed by atoms with Crippen LogP contribution in [0, 0.1) is 6.92 Å². The summed E-state index contributed by atoms with van der Waals surface area (Å²) in [6.07, 6.45) is 0.800. The highest BCUT2D eigenvalue weighted by Crippen LogP contribution is 2.10. The van der Waals surface area contributed by atoms with Gasteiger partial charge in [0.2, 0.25) is 0 Å². The molecular weight excluding hydrogens is 140 g/mol. The van der Waals surface area contributed by atoms with Crippen molar-refractivity contribution in [3.8, 4) is 5.75 Å². The molecule has 0 aliphatic carbocycles. The smallest absolute Gasteiger partial charge is 0.150 e. The second kappa shape index (κ2) is 3.76. The van der Waals surface area contributed by atoms with Crippen LogP contribution in [0.15, 0.2) is 24.3 Å². The normalized spacial score (nSPS) is 9.18. The summed E-state index contributed by atoms with van der Waals surface area (Å²) in [5, 5.41) is 0. The van der Waals surface area contributed by atoms with E-state index in [1.165, 1.54) is 0 Å². The molecule has 1 aromatic carbocycles. The Morgan fingerprint density at radius 3 is 2.45 bits per heavy atom. The first-order chi connectivity index (χ1) is 5.36. The van der Waals surface area contributed by atoms with Gasteiger partial charge in [-0.2, -0.15) is 0 Å². The molecule has 1 radical (unpaired) electrons. The third-order valence-electron chi connectivity index (χ3n) is 1.28. The molecule has 0 fully saturated rings. The number of benzene rings is 1. The lowest BCUT2D eigenvalue weighted by molar-refractivity contribution is 0.112. The van der Waals surface area contributed by atoms with Crippen LogP contribution in [0.4, 0.5) is 0 Å². The molecule has 0 N–H and O–H groups in total. The summed E-state index contributed by atoms with van der Waals surface area (Å²) < 4.78 is 5.08. The van der Waals surface area contributed by atoms with Crippen LogP contribution in [0.2, 0.25) is 0 Å². The molecule has 0 spiro atoms. The topological polar surface area (TPSA) is 26.3 Å². The molecule has 0 aliphatic rings. The zero-order valence-electron chi connectivity index (χ0n) is 6.12. The first-order valence-corrected chi connectivity index (χ1v) is 3.34. The molecule has 0 atom stereocenters. The fourth-order valence-electron chi connectivity index (χ4n) is 0.760. The van der Waals surface area contributed by atoms with Gasteiger partial charge in [-0.05, 0) is 31.2 Å². The Hall–Kier alpha value is -1.31. The lowest BCUT2D eigenvalue weighted by Gasteiger charge is -2.00. The molecule has 11 heavy (non-hydrogen) atoms. The molecule has 57 valence electrons. The average molecular weight is 149 g/mol. The van der Waals surface area contributed by atoms with E-state index >= 15 is 0 Å². The van der Waals surface area contributed by atoms with Crippen LogP contribution in [0.1, 0.15) is 10.4 Å². The molecule has 2 nitrogen and oxygen atoms in total. The molecule has 0 bridgehead atoms. The predicted molar refractivity (Wildman–Crippen MR) is 42.7 cm³/mol. The van der Waals surface area contributed by atoms with Crippen molar-refractivity contribution in [1.29, 1.82) is 0 Å². The third-order valence-corrected chi connectivity index (χ3v) is 1.28. The minimum absolute atomic E-state index is 0.403. The van der Waals surface area contributed by atoms with Crippen molar-refractivity contribution in [1.82, 2.24) is 0 Å². The number of hydrogen-bond acceptors (Lipinski definition) is 2. The second-order valence-corrected chi connectivity index (χ2v) is 2.04. The zero-order valence-corrected chi connectivity index (χ0v) is 6.12. The second-order valence-electron chi connectivity index (χ2n) is 2.04. The van der Waals surface area contributed by atoms with Crippen molar-refractivity contribution >= 4 is 6.29 Å². The van der Waals surface area contributed by atoms with E-state index in [4.69, 9.17) is 4.74 Å². The van der Waals surface area contributed by atoms with Crippen molar-refractivity contribution in [2.24, 2.45) is 0 Å². The first-order valence-electron chi connectivity index (χ1n) is 3.34. The lowest BCUT2D eigenvalue weighted by atomic mass is 10.2. The van der Waals surface area contributed by atoms with Crippen LogP contribution in [-0.4, -0.2) is 12.9 Å². The lowest BCUT2D eigenvalue weighted by Crippen LogP contribution is -1.91. The maximum Gasteiger partial charge on any atom is 0.150 e. The molecule has 0 amide bonds. The van der Waals surface area contributed by atoms with E-state index in [-0.39, 0.29) is 0 Å². The van der Waals surface area contributed by atoms with Gasteiger partial charge in [-0.3, -0.25) is 4.79 Å². The Kier molecular flexibility index (Phi) is 2.66. The van der Waals surface area contributed by atoms with Crippen LogP contribution < -0.4 is 4.74 Å². The predicted octanol–water partition coefficient (Wildman–Crippen LogP) is 1.71. The minimum Gasteiger partial charge on any atom is -0.494 e. The van der Waals surface area contributed by atoms with E-state index in [0.717, 1.165) is 12.0 Å². The van der Waals surface area contributed by atoms with Gasteiger partial charge in [0.05, 0.1) is 6.61 Å². The molecule has 0 aliphatic heterocycles. The Labute approximate surface area is 65.8 Å². The van der Waals surface area contributed by atoms with E-state index in [1.807, 2.05) is 0 Å². The van der Waals surface area contributed by atoms with Crippen LogP contribution in [-0.2, 0) is 0 Å². The summed E-state index contributed by atoms with van der Waals surface area (Å²) in [4.78, 5) is 10.2. The molecule has 0 unspecified atom stereocenters. The van der Waals surface area contributed by atoms with Gasteiger partial charge in [-0.1, -0.05) is 0 Å². The maximum absolute atomic E-state index is 10.2. The molecule has 1 aromatic rings. The third kappa shape index (κ3) is 2.08. The molecule has 0 aromatic heterocycles. The monoisotopic (exact) mass is 149 g/mol. The summed E-state index contributed by atoms with van der Waals surface area (Å²) in [7, 11) is 0. The highest BCUT2D eigenvalue weighted by atomic mass is 16.5. The Bertz CT molecular complexity index is 226. The fourth-order valence-corrected chi connectivity index (χ4v) is 0.760. The minimum atomic E-state index is 0.403. The summed E-state index contributed by atoms with van der Waals surface area (Å²) in [5.74, 6) is 0.741. The Balaban J connectivity index is 2.74. The van der Waals surface area contributed by atoms with E-state index in [2.05, 4.69) is 6.92 Å². The SMILES string of the molecule is [CH2]COc1ccc(C=O)cc1. The quantitative estimate of drug-likeness (QED) is 0.611. The largest absolute Gasteiger partial charge is 0.494 e. The molecule has 2 heteroatoms. The summed E-state index contributed by atoms with van der Waals surface area (Å²) >= 11 is 0. The highest BCUT2D eigenvalue weighted by Gasteiger charge is 1.91. The van der Waals surface area contributed by atoms with Crippen molar-refractivity contribution in [3.63, 3.8) is 0 Å². The van der Waals surface area contributed by atoms with Crippen molar-refractivity contribution in [2.75, 3.05) is 6.61 Å². The number of carbonyl (C=O) groups is 1. The van der Waals surface area contributed by atoms with Gasteiger partial charge in [-0.15, -0.1) is 0 Å². The van der Waals surface area contributed by atoms with Crippen LogP contribution >= 0.6 is 0 Å². The van der Waals surface area contributed by atoms with E-state index in [1.54, 1.807) is 24.3 Å². The summed E-state index contributed by atoms with van der Waals surface area (Å²) in [6.45, 7) is 3.93. The van der Waals surface area contributed by atoms with Gasteiger partial charge in [0.15, 0.2) is 0 Å². The van der Waals surface area contributed by atoms with Gasteiger partial charge in [0.1, 0.15) is 12.0 Å². The van der Waals surface area contributed by atoms with Crippen molar-refractivity contribution < 1.29 is 9.53 Å². The Morgan fingerprint density at radius 2 is 2.00 bits per heavy atom. The van der Waals surface area contributed by atoms with E-state index < -0.39 is 0 Å². The highest BCUT2D eigenvalue weighted by molar-refractivity contribution is 5.74. The first kappa shape index (κ1) is 7.79. The molecule has 0 saturated carbocycles. The number of aldehydes is 1. The van der Waals surface area contributed by atoms with Crippen LogP contribution in [0.3, 0.4) is 0 Å². The summed E-state index contributed by atoms with van der Waals surface area (Å²) in [6, 6.07) is 6.90. The molecule has 0 saturated heterocycles. The maximum atomic E-state index is 10.2. The van der Waals surface area contributed by atoms with Gasteiger partial charge >= 0.3 is 0 Å². The number of carbonyl (C=O) groups excluding carboxylic acids is 1. The number of ether oxygens (including phenoxy) is 1. The molecule has 0 heterocycles. The van der Waals surface area contributed by atoms with Gasteiger partial charge in [0, 0.05) is 5.56 Å². The van der Waals surface area contributed by atoms with E-state index in [0.29, 0.717) is 12.2 Å². The number of hydrogen-bond donors (Lipinski definition) is 0. The summed E-state index contributed by atoms with van der Waals surface area (Å²) in [5.41, 5.74) is 0.654. The number of rotatable bonds is 3.